The number of hydrogen-bond donors (Lipinski definition) is 1. The van der Waals surface area contributed by atoms with E-state index in [1.54, 1.807) is 11.3 Å². The maximum Gasteiger partial charge on any atom is 0.107 e. The first kappa shape index (κ1) is 14.1. The first-order valence-electron chi connectivity index (χ1n) is 5.92. The minimum absolute atomic E-state index is 0.325. The molecule has 0 aliphatic carbocycles. The number of thiophene rings is 1. The zero-order valence-electron chi connectivity index (χ0n) is 10.1. The van der Waals surface area contributed by atoms with E-state index in [2.05, 4.69) is 58.5 Å². The molecule has 96 valence electrons. The first-order valence-corrected chi connectivity index (χ1v) is 7.91. The molecule has 1 atom stereocenters. The standard InChI is InChI=1S/C14H15BrClNS/c1-2-17-12(8-10-6-4-3-5-7-10)13-9-11(15)14(16)18-13/h3-7,9,12,17H,2,8H2,1H3. The lowest BCUT2D eigenvalue weighted by Gasteiger charge is -2.16. The highest BCUT2D eigenvalue weighted by molar-refractivity contribution is 9.10. The van der Waals surface area contributed by atoms with Crippen LogP contribution in [-0.4, -0.2) is 6.54 Å². The monoisotopic (exact) mass is 343 g/mol. The Morgan fingerprint density at radius 3 is 2.61 bits per heavy atom. The van der Waals surface area contributed by atoms with Crippen LogP contribution in [0.15, 0.2) is 40.9 Å². The van der Waals surface area contributed by atoms with Gasteiger partial charge in [-0.25, -0.2) is 0 Å². The van der Waals surface area contributed by atoms with Gasteiger partial charge in [0.15, 0.2) is 0 Å². The molecule has 0 fully saturated rings. The van der Waals surface area contributed by atoms with Gasteiger partial charge in [-0.3, -0.25) is 0 Å². The molecule has 1 aromatic carbocycles. The Balaban J connectivity index is 2.18. The summed E-state index contributed by atoms with van der Waals surface area (Å²) in [5.41, 5.74) is 1.34. The quantitative estimate of drug-likeness (QED) is 0.799. The predicted molar refractivity (Wildman–Crippen MR) is 83.6 cm³/mol. The van der Waals surface area contributed by atoms with E-state index >= 15 is 0 Å². The molecule has 0 saturated carbocycles. The molecule has 1 unspecified atom stereocenters. The molecule has 18 heavy (non-hydrogen) atoms. The van der Waals surface area contributed by atoms with Crippen LogP contribution < -0.4 is 5.32 Å². The fourth-order valence-corrected chi connectivity index (χ4v) is 3.72. The van der Waals surface area contributed by atoms with Gasteiger partial charge in [-0.1, -0.05) is 48.9 Å². The SMILES string of the molecule is CCNC(Cc1ccccc1)c1cc(Br)c(Cl)s1. The van der Waals surface area contributed by atoms with Crippen LogP contribution in [0.2, 0.25) is 4.34 Å². The molecule has 0 bridgehead atoms. The Kier molecular flexibility index (Phi) is 5.25. The number of hydrogen-bond acceptors (Lipinski definition) is 2. The molecule has 0 radical (unpaired) electrons. The normalized spacial score (nSPS) is 12.6. The van der Waals surface area contributed by atoms with Crippen LogP contribution in [-0.2, 0) is 6.42 Å². The third-order valence-electron chi connectivity index (χ3n) is 2.74. The summed E-state index contributed by atoms with van der Waals surface area (Å²) in [6.07, 6.45) is 0.984. The molecule has 0 aliphatic heterocycles. The summed E-state index contributed by atoms with van der Waals surface area (Å²) in [6, 6.07) is 13.0. The van der Waals surface area contributed by atoms with E-state index in [1.165, 1.54) is 10.4 Å². The van der Waals surface area contributed by atoms with Gasteiger partial charge in [0.05, 0.1) is 0 Å². The predicted octanol–water partition coefficient (Wildman–Crippen LogP) is 5.06. The number of halogens is 2. The highest BCUT2D eigenvalue weighted by atomic mass is 79.9. The van der Waals surface area contributed by atoms with E-state index in [-0.39, 0.29) is 0 Å². The Labute approximate surface area is 125 Å². The fourth-order valence-electron chi connectivity index (χ4n) is 1.90. The number of nitrogens with one attached hydrogen (secondary N) is 1. The summed E-state index contributed by atoms with van der Waals surface area (Å²) in [5.74, 6) is 0. The minimum Gasteiger partial charge on any atom is -0.309 e. The molecule has 1 nitrogen and oxygen atoms in total. The van der Waals surface area contributed by atoms with Gasteiger partial charge in [0, 0.05) is 15.4 Å². The van der Waals surface area contributed by atoms with Crippen LogP contribution in [0.3, 0.4) is 0 Å². The molecular formula is C14H15BrClNS. The third kappa shape index (κ3) is 3.58. The van der Waals surface area contributed by atoms with Gasteiger partial charge >= 0.3 is 0 Å². The van der Waals surface area contributed by atoms with Gasteiger partial charge in [0.1, 0.15) is 4.34 Å². The van der Waals surface area contributed by atoms with Crippen LogP contribution in [0.4, 0.5) is 0 Å². The van der Waals surface area contributed by atoms with Gasteiger partial charge in [-0.15, -0.1) is 11.3 Å². The number of benzene rings is 1. The second kappa shape index (κ2) is 6.71. The summed E-state index contributed by atoms with van der Waals surface area (Å²) in [6.45, 7) is 3.08. The van der Waals surface area contributed by atoms with Crippen LogP contribution in [0, 0.1) is 0 Å². The molecule has 0 saturated heterocycles. The van der Waals surface area contributed by atoms with E-state index in [1.807, 2.05) is 6.07 Å². The molecule has 0 amide bonds. The highest BCUT2D eigenvalue weighted by Crippen LogP contribution is 2.36. The topological polar surface area (TPSA) is 12.0 Å². The van der Waals surface area contributed by atoms with Crippen LogP contribution in [0.5, 0.6) is 0 Å². The van der Waals surface area contributed by atoms with E-state index in [0.29, 0.717) is 6.04 Å². The summed E-state index contributed by atoms with van der Waals surface area (Å²) < 4.78 is 1.81. The van der Waals surface area contributed by atoms with E-state index in [9.17, 15) is 0 Å². The maximum absolute atomic E-state index is 6.12. The van der Waals surface area contributed by atoms with E-state index in [0.717, 1.165) is 21.8 Å². The van der Waals surface area contributed by atoms with Gasteiger partial charge < -0.3 is 5.32 Å². The minimum atomic E-state index is 0.325. The highest BCUT2D eigenvalue weighted by Gasteiger charge is 2.15. The van der Waals surface area contributed by atoms with Crippen LogP contribution in [0.25, 0.3) is 0 Å². The Hall–Kier alpha value is -0.350. The van der Waals surface area contributed by atoms with Crippen molar-refractivity contribution >= 4 is 38.9 Å². The molecule has 1 N–H and O–H groups in total. The molecule has 0 spiro atoms. The summed E-state index contributed by atoms with van der Waals surface area (Å²) >= 11 is 11.2. The van der Waals surface area contributed by atoms with Crippen molar-refractivity contribution < 1.29 is 0 Å². The van der Waals surface area contributed by atoms with E-state index < -0.39 is 0 Å². The van der Waals surface area contributed by atoms with Crippen LogP contribution in [0.1, 0.15) is 23.4 Å². The lowest BCUT2D eigenvalue weighted by Crippen LogP contribution is -2.22. The summed E-state index contributed by atoms with van der Waals surface area (Å²) in [4.78, 5) is 1.28. The summed E-state index contributed by atoms with van der Waals surface area (Å²) in [7, 11) is 0. The molecule has 1 aromatic heterocycles. The average Bonchev–Trinajstić information content (AvgIpc) is 2.70. The number of rotatable bonds is 5. The van der Waals surface area contributed by atoms with Crippen molar-refractivity contribution in [1.29, 1.82) is 0 Å². The van der Waals surface area contributed by atoms with Gasteiger partial charge in [0.25, 0.3) is 0 Å². The molecule has 2 aromatic rings. The molecule has 1 heterocycles. The van der Waals surface area contributed by atoms with Gasteiger partial charge in [0.2, 0.25) is 0 Å². The van der Waals surface area contributed by atoms with Gasteiger partial charge in [-0.05, 0) is 40.5 Å². The second-order valence-corrected chi connectivity index (χ2v) is 6.61. The molecular weight excluding hydrogens is 330 g/mol. The Morgan fingerprint density at radius 2 is 2.06 bits per heavy atom. The largest absolute Gasteiger partial charge is 0.309 e. The van der Waals surface area contributed by atoms with Crippen molar-refractivity contribution in [3.05, 3.63) is 55.6 Å². The molecule has 0 aliphatic rings. The average molecular weight is 345 g/mol. The fraction of sp³-hybridized carbons (Fsp3) is 0.286. The summed E-state index contributed by atoms with van der Waals surface area (Å²) in [5, 5.41) is 3.52. The maximum atomic E-state index is 6.12. The molecule has 4 heteroatoms. The van der Waals surface area contributed by atoms with Gasteiger partial charge in [-0.2, -0.15) is 0 Å². The zero-order valence-corrected chi connectivity index (χ0v) is 13.3. The van der Waals surface area contributed by atoms with E-state index in [4.69, 9.17) is 11.6 Å². The smallest absolute Gasteiger partial charge is 0.107 e. The molecule has 2 rings (SSSR count). The third-order valence-corrected chi connectivity index (χ3v) is 5.33. The Morgan fingerprint density at radius 1 is 1.33 bits per heavy atom. The first-order chi connectivity index (χ1) is 8.70. The Bertz CT molecular complexity index is 478. The second-order valence-electron chi connectivity index (χ2n) is 4.07. The number of likely N-dealkylation sites (N-methyl/N-ethyl adjacent to an activating group) is 1. The van der Waals surface area contributed by atoms with Crippen molar-refractivity contribution in [3.63, 3.8) is 0 Å². The van der Waals surface area contributed by atoms with Crippen molar-refractivity contribution in [2.75, 3.05) is 6.54 Å². The zero-order chi connectivity index (χ0) is 13.0. The van der Waals surface area contributed by atoms with Crippen molar-refractivity contribution in [3.8, 4) is 0 Å². The lowest BCUT2D eigenvalue weighted by molar-refractivity contribution is 0.558. The van der Waals surface area contributed by atoms with Crippen LogP contribution >= 0.6 is 38.9 Å². The van der Waals surface area contributed by atoms with Crippen molar-refractivity contribution in [2.45, 2.75) is 19.4 Å². The van der Waals surface area contributed by atoms with Crippen molar-refractivity contribution in [2.24, 2.45) is 0 Å². The van der Waals surface area contributed by atoms with Crippen molar-refractivity contribution in [1.82, 2.24) is 5.32 Å². The lowest BCUT2D eigenvalue weighted by atomic mass is 10.0.